The molecule has 1 aliphatic rings. The van der Waals surface area contributed by atoms with Crippen LogP contribution in [0.3, 0.4) is 0 Å². The minimum atomic E-state index is -0.409. The first-order valence-corrected chi connectivity index (χ1v) is 6.78. The van der Waals surface area contributed by atoms with Gasteiger partial charge in [0.2, 0.25) is 5.91 Å². The van der Waals surface area contributed by atoms with Gasteiger partial charge in [0.15, 0.2) is 0 Å². The van der Waals surface area contributed by atoms with Gasteiger partial charge in [0.05, 0.1) is 5.56 Å². The summed E-state index contributed by atoms with van der Waals surface area (Å²) in [4.78, 5) is 13.9. The highest BCUT2D eigenvalue weighted by Gasteiger charge is 2.24. The summed E-state index contributed by atoms with van der Waals surface area (Å²) >= 11 is 0. The van der Waals surface area contributed by atoms with E-state index in [9.17, 15) is 9.18 Å². The molecule has 0 aliphatic carbocycles. The fourth-order valence-corrected chi connectivity index (χ4v) is 2.41. The van der Waals surface area contributed by atoms with Gasteiger partial charge in [-0.2, -0.15) is 0 Å². The van der Waals surface area contributed by atoms with Gasteiger partial charge in [-0.15, -0.1) is 0 Å². The van der Waals surface area contributed by atoms with Crippen molar-refractivity contribution in [1.82, 2.24) is 4.90 Å². The summed E-state index contributed by atoms with van der Waals surface area (Å²) in [6.45, 7) is 2.87. The summed E-state index contributed by atoms with van der Waals surface area (Å²) in [6.07, 6.45) is 1.94. The van der Waals surface area contributed by atoms with Gasteiger partial charge in [-0.3, -0.25) is 4.79 Å². The molecule has 1 amide bonds. The maximum absolute atomic E-state index is 13.5. The summed E-state index contributed by atoms with van der Waals surface area (Å²) in [7, 11) is 0. The van der Waals surface area contributed by atoms with Crippen LogP contribution >= 0.6 is 0 Å². The monoisotopic (exact) mass is 275 g/mol. The van der Waals surface area contributed by atoms with Crippen LogP contribution in [-0.2, 0) is 11.3 Å². The third-order valence-electron chi connectivity index (χ3n) is 3.50. The predicted molar refractivity (Wildman–Crippen MR) is 74.2 cm³/mol. The van der Waals surface area contributed by atoms with E-state index < -0.39 is 5.82 Å². The summed E-state index contributed by atoms with van der Waals surface area (Å²) in [5, 5.41) is 8.66. The Morgan fingerprint density at radius 2 is 2.30 bits per heavy atom. The van der Waals surface area contributed by atoms with Crippen molar-refractivity contribution in [3.8, 4) is 11.8 Å². The number of amides is 1. The van der Waals surface area contributed by atoms with Crippen molar-refractivity contribution < 1.29 is 14.3 Å². The van der Waals surface area contributed by atoms with Crippen molar-refractivity contribution in [2.75, 3.05) is 13.2 Å². The van der Waals surface area contributed by atoms with Crippen molar-refractivity contribution in [3.63, 3.8) is 0 Å². The molecule has 3 nitrogen and oxygen atoms in total. The number of hydrogen-bond acceptors (Lipinski definition) is 2. The molecular formula is C16H18FNO2. The van der Waals surface area contributed by atoms with E-state index in [1.807, 2.05) is 11.8 Å². The van der Waals surface area contributed by atoms with Crippen molar-refractivity contribution in [1.29, 1.82) is 0 Å². The van der Waals surface area contributed by atoms with E-state index in [2.05, 4.69) is 11.8 Å². The summed E-state index contributed by atoms with van der Waals surface area (Å²) in [5.41, 5.74) is 1.12. The second-order valence-electron chi connectivity index (χ2n) is 5.08. The lowest BCUT2D eigenvalue weighted by molar-refractivity contribution is -0.138. The Hall–Kier alpha value is -1.86. The number of piperidine rings is 1. The first-order valence-electron chi connectivity index (χ1n) is 6.78. The minimum Gasteiger partial charge on any atom is -0.384 e. The Kier molecular flexibility index (Phi) is 4.75. The Balaban J connectivity index is 2.15. The van der Waals surface area contributed by atoms with Crippen LogP contribution in [0.4, 0.5) is 4.39 Å². The third kappa shape index (κ3) is 3.37. The fraction of sp³-hybridized carbons (Fsp3) is 0.438. The van der Waals surface area contributed by atoms with Crippen LogP contribution in [0.1, 0.15) is 30.9 Å². The van der Waals surface area contributed by atoms with E-state index >= 15 is 0 Å². The van der Waals surface area contributed by atoms with Gasteiger partial charge >= 0.3 is 0 Å². The van der Waals surface area contributed by atoms with Gasteiger partial charge in [0.25, 0.3) is 0 Å². The number of rotatable bonds is 2. The molecular weight excluding hydrogens is 257 g/mol. The summed E-state index contributed by atoms with van der Waals surface area (Å²) < 4.78 is 13.5. The molecule has 0 radical (unpaired) electrons. The largest absolute Gasteiger partial charge is 0.384 e. The van der Waals surface area contributed by atoms with Crippen LogP contribution in [0.5, 0.6) is 0 Å². The van der Waals surface area contributed by atoms with Gasteiger partial charge in [-0.25, -0.2) is 4.39 Å². The number of hydrogen-bond donors (Lipinski definition) is 1. The molecule has 0 aromatic heterocycles. The lowest BCUT2D eigenvalue weighted by atomic mass is 9.98. The minimum absolute atomic E-state index is 0.0675. The lowest BCUT2D eigenvalue weighted by Gasteiger charge is -2.30. The molecule has 1 aliphatic heterocycles. The molecule has 1 N–H and O–H groups in total. The lowest BCUT2D eigenvalue weighted by Crippen LogP contribution is -2.39. The van der Waals surface area contributed by atoms with E-state index in [1.165, 1.54) is 6.07 Å². The third-order valence-corrected chi connectivity index (χ3v) is 3.50. The average molecular weight is 275 g/mol. The standard InChI is InChI=1S/C16H18FNO2/c1-12-4-2-8-18(16(12)20)11-13-6-7-15(17)14(10-13)5-3-9-19/h6-7,10,12,19H,2,4,8-9,11H2,1H3. The molecule has 1 heterocycles. The van der Waals surface area contributed by atoms with Crippen molar-refractivity contribution in [2.45, 2.75) is 26.3 Å². The molecule has 1 aromatic carbocycles. The Morgan fingerprint density at radius 1 is 1.50 bits per heavy atom. The van der Waals surface area contributed by atoms with Gasteiger partial charge in [0.1, 0.15) is 12.4 Å². The smallest absolute Gasteiger partial charge is 0.225 e. The first-order chi connectivity index (χ1) is 9.61. The highest BCUT2D eigenvalue weighted by Crippen LogP contribution is 2.20. The highest BCUT2D eigenvalue weighted by atomic mass is 19.1. The normalized spacial score (nSPS) is 18.6. The zero-order chi connectivity index (χ0) is 14.5. The molecule has 4 heteroatoms. The molecule has 0 spiro atoms. The predicted octanol–water partition coefficient (Wildman–Crippen LogP) is 1.93. The number of likely N-dealkylation sites (tertiary alicyclic amines) is 1. The van der Waals surface area contributed by atoms with E-state index in [0.29, 0.717) is 6.54 Å². The highest BCUT2D eigenvalue weighted by molar-refractivity contribution is 5.79. The van der Waals surface area contributed by atoms with Crippen LogP contribution in [-0.4, -0.2) is 29.1 Å². The molecule has 0 bridgehead atoms. The summed E-state index contributed by atoms with van der Waals surface area (Å²) in [6, 6.07) is 4.67. The van der Waals surface area contributed by atoms with Crippen LogP contribution in [0.25, 0.3) is 0 Å². The number of aliphatic hydroxyl groups is 1. The number of nitrogens with zero attached hydrogens (tertiary/aromatic N) is 1. The van der Waals surface area contributed by atoms with Gasteiger partial charge in [0, 0.05) is 19.0 Å². The quantitative estimate of drug-likeness (QED) is 0.838. The second kappa shape index (κ2) is 6.53. The number of benzene rings is 1. The Morgan fingerprint density at radius 3 is 3.05 bits per heavy atom. The zero-order valence-corrected chi connectivity index (χ0v) is 11.5. The molecule has 1 aromatic rings. The molecule has 1 fully saturated rings. The van der Waals surface area contributed by atoms with Crippen molar-refractivity contribution in [2.24, 2.45) is 5.92 Å². The summed E-state index contributed by atoms with van der Waals surface area (Å²) in [5.74, 6) is 4.83. The molecule has 1 atom stereocenters. The maximum atomic E-state index is 13.5. The molecule has 1 unspecified atom stereocenters. The Bertz CT molecular complexity index is 559. The average Bonchev–Trinajstić information content (AvgIpc) is 2.44. The zero-order valence-electron chi connectivity index (χ0n) is 11.5. The van der Waals surface area contributed by atoms with Crippen LogP contribution in [0.15, 0.2) is 18.2 Å². The first kappa shape index (κ1) is 14.5. The van der Waals surface area contributed by atoms with E-state index in [0.717, 1.165) is 24.9 Å². The van der Waals surface area contributed by atoms with Gasteiger partial charge in [-0.05, 0) is 30.5 Å². The van der Waals surface area contributed by atoms with Crippen molar-refractivity contribution >= 4 is 5.91 Å². The van der Waals surface area contributed by atoms with Gasteiger partial charge < -0.3 is 10.0 Å². The number of aliphatic hydroxyl groups excluding tert-OH is 1. The maximum Gasteiger partial charge on any atom is 0.225 e. The van der Waals surface area contributed by atoms with E-state index in [1.54, 1.807) is 12.1 Å². The SMILES string of the molecule is CC1CCCN(Cc2ccc(F)c(C#CCO)c2)C1=O. The number of carbonyl (C=O) groups excluding carboxylic acids is 1. The Labute approximate surface area is 118 Å². The molecule has 20 heavy (non-hydrogen) atoms. The fourth-order valence-electron chi connectivity index (χ4n) is 2.41. The second-order valence-corrected chi connectivity index (χ2v) is 5.08. The molecule has 2 rings (SSSR count). The topological polar surface area (TPSA) is 40.5 Å². The molecule has 1 saturated heterocycles. The molecule has 106 valence electrons. The van der Waals surface area contributed by atoms with Crippen LogP contribution in [0, 0.1) is 23.6 Å². The van der Waals surface area contributed by atoms with Crippen LogP contribution in [0.2, 0.25) is 0 Å². The molecule has 0 saturated carbocycles. The van der Waals surface area contributed by atoms with Crippen LogP contribution < -0.4 is 0 Å². The van der Waals surface area contributed by atoms with Crippen molar-refractivity contribution in [3.05, 3.63) is 35.1 Å². The van der Waals surface area contributed by atoms with E-state index in [4.69, 9.17) is 5.11 Å². The van der Waals surface area contributed by atoms with Gasteiger partial charge in [-0.1, -0.05) is 24.8 Å². The number of carbonyl (C=O) groups is 1. The number of halogens is 1. The van der Waals surface area contributed by atoms with E-state index in [-0.39, 0.29) is 24.0 Å².